The minimum atomic E-state index is -0.107. The van der Waals surface area contributed by atoms with Crippen molar-refractivity contribution in [2.24, 2.45) is 46.3 Å². The summed E-state index contributed by atoms with van der Waals surface area (Å²) in [6, 6.07) is 0. The second kappa shape index (κ2) is 10.8. The number of carbonyl (C=O) groups is 2. The van der Waals surface area contributed by atoms with Crippen molar-refractivity contribution in [1.29, 1.82) is 0 Å². The number of hydrogen-bond acceptors (Lipinski definition) is 5. The third kappa shape index (κ3) is 4.83. The Balaban J connectivity index is 1.23. The first-order valence-corrected chi connectivity index (χ1v) is 15.8. The molecule has 0 aromatic rings. The van der Waals surface area contributed by atoms with Gasteiger partial charge in [-0.1, -0.05) is 34.6 Å². The van der Waals surface area contributed by atoms with Crippen molar-refractivity contribution in [3.63, 3.8) is 0 Å². The minimum Gasteiger partial charge on any atom is -0.494 e. The zero-order valence-electron chi connectivity index (χ0n) is 24.9. The fourth-order valence-corrected chi connectivity index (χ4v) is 9.98. The van der Waals surface area contributed by atoms with E-state index in [-0.39, 0.29) is 18.0 Å². The molecule has 0 saturated heterocycles. The van der Waals surface area contributed by atoms with E-state index in [1.54, 1.807) is 0 Å². The lowest BCUT2D eigenvalue weighted by molar-refractivity contribution is -0.161. The van der Waals surface area contributed by atoms with Crippen molar-refractivity contribution in [3.05, 3.63) is 11.3 Å². The van der Waals surface area contributed by atoms with Crippen LogP contribution in [-0.2, 0) is 23.8 Å². The van der Waals surface area contributed by atoms with E-state index in [4.69, 9.17) is 14.2 Å². The Kier molecular flexibility index (Phi) is 7.97. The molecule has 0 aromatic heterocycles. The Morgan fingerprint density at radius 2 is 1.71 bits per heavy atom. The highest BCUT2D eigenvalue weighted by Gasteiger charge is 2.64. The Morgan fingerprint density at radius 1 is 0.974 bits per heavy atom. The van der Waals surface area contributed by atoms with Gasteiger partial charge in [0.1, 0.15) is 12.2 Å². The highest BCUT2D eigenvalue weighted by Crippen LogP contribution is 2.69. The normalized spacial score (nSPS) is 42.3. The Bertz CT molecular complexity index is 940. The van der Waals surface area contributed by atoms with E-state index >= 15 is 0 Å². The maximum Gasteiger partial charge on any atom is 0.305 e. The van der Waals surface area contributed by atoms with Crippen LogP contribution in [-0.4, -0.2) is 30.8 Å². The smallest absolute Gasteiger partial charge is 0.305 e. The lowest BCUT2D eigenvalue weighted by Gasteiger charge is -2.61. The van der Waals surface area contributed by atoms with E-state index in [0.717, 1.165) is 43.4 Å². The van der Waals surface area contributed by atoms with Crippen LogP contribution in [0.4, 0.5) is 0 Å². The standard InChI is InChI=1S/C33H52O5/c1-7-29(34)36-19-20(3)9-12-27-21(4)31-28(38-27)18-26-24-11-10-22-17-23(37-30(35)8-2)13-15-32(22,5)25(24)14-16-33(26,31)6/h20,22-26,28,31H,7-19H2,1-6H3/t20-,22-,23-,24-,25+,26-,28-,31-,32-,33-/m0/s1. The van der Waals surface area contributed by atoms with Gasteiger partial charge >= 0.3 is 11.9 Å². The summed E-state index contributed by atoms with van der Waals surface area (Å²) >= 11 is 0. The van der Waals surface area contributed by atoms with Crippen molar-refractivity contribution < 1.29 is 23.8 Å². The van der Waals surface area contributed by atoms with Gasteiger partial charge in [-0.3, -0.25) is 9.59 Å². The van der Waals surface area contributed by atoms with E-state index in [9.17, 15) is 9.59 Å². The zero-order chi connectivity index (χ0) is 27.2. The van der Waals surface area contributed by atoms with Gasteiger partial charge in [0.2, 0.25) is 0 Å². The highest BCUT2D eigenvalue weighted by atomic mass is 16.5. The van der Waals surface area contributed by atoms with Gasteiger partial charge in [0.25, 0.3) is 0 Å². The van der Waals surface area contributed by atoms with Gasteiger partial charge in [0.05, 0.1) is 12.4 Å². The quantitative estimate of drug-likeness (QED) is 0.303. The molecule has 0 aromatic carbocycles. The number of carbonyl (C=O) groups excluding carboxylic acids is 2. The molecule has 1 heterocycles. The van der Waals surface area contributed by atoms with Crippen LogP contribution in [0.1, 0.15) is 119 Å². The molecule has 0 bridgehead atoms. The number of rotatable bonds is 8. The summed E-state index contributed by atoms with van der Waals surface area (Å²) in [6.07, 6.45) is 13.2. The van der Waals surface area contributed by atoms with Crippen LogP contribution in [0.3, 0.4) is 0 Å². The predicted octanol–water partition coefficient (Wildman–Crippen LogP) is 7.62. The number of fused-ring (bicyclic) bond motifs is 7. The maximum atomic E-state index is 11.9. The van der Waals surface area contributed by atoms with E-state index in [0.29, 0.717) is 54.1 Å². The average Bonchev–Trinajstić information content (AvgIpc) is 3.38. The van der Waals surface area contributed by atoms with Crippen LogP contribution >= 0.6 is 0 Å². The Morgan fingerprint density at radius 3 is 2.45 bits per heavy atom. The molecule has 5 nitrogen and oxygen atoms in total. The molecule has 4 saturated carbocycles. The second-order valence-electron chi connectivity index (χ2n) is 14.1. The molecule has 38 heavy (non-hydrogen) atoms. The number of ether oxygens (including phenoxy) is 3. The molecule has 0 spiro atoms. The SMILES string of the molecule is CCC(=O)OC[C@@H](C)CCC1=C(C)[C@H]2[C@H](C[C@H]3[C@H]4CC[C@H]5C[C@@H](OC(=O)CC)CC[C@]5(C)[C@@H]4CC[C@@]32C)O1. The van der Waals surface area contributed by atoms with Crippen LogP contribution in [0.5, 0.6) is 0 Å². The van der Waals surface area contributed by atoms with Gasteiger partial charge in [0.15, 0.2) is 0 Å². The first kappa shape index (κ1) is 28.0. The van der Waals surface area contributed by atoms with Crippen molar-refractivity contribution >= 4 is 11.9 Å². The molecule has 5 heteroatoms. The molecular formula is C33H52O5. The predicted molar refractivity (Wildman–Crippen MR) is 148 cm³/mol. The largest absolute Gasteiger partial charge is 0.494 e. The summed E-state index contributed by atoms with van der Waals surface area (Å²) in [5.41, 5.74) is 2.25. The van der Waals surface area contributed by atoms with Crippen molar-refractivity contribution in [2.75, 3.05) is 6.61 Å². The van der Waals surface area contributed by atoms with E-state index < -0.39 is 0 Å². The number of allylic oxidation sites excluding steroid dienone is 1. The van der Waals surface area contributed by atoms with E-state index in [2.05, 4.69) is 27.7 Å². The summed E-state index contributed by atoms with van der Waals surface area (Å²) in [4.78, 5) is 23.5. The highest BCUT2D eigenvalue weighted by molar-refractivity contribution is 5.69. The van der Waals surface area contributed by atoms with Gasteiger partial charge in [-0.05, 0) is 111 Å². The molecule has 5 rings (SSSR count). The summed E-state index contributed by atoms with van der Waals surface area (Å²) in [5, 5.41) is 0. The first-order chi connectivity index (χ1) is 18.1. The second-order valence-corrected chi connectivity index (χ2v) is 14.1. The molecule has 4 aliphatic carbocycles. The number of hydrogen-bond donors (Lipinski definition) is 0. The molecule has 0 unspecified atom stereocenters. The maximum absolute atomic E-state index is 11.9. The molecule has 1 aliphatic heterocycles. The Hall–Kier alpha value is -1.52. The van der Waals surface area contributed by atoms with Gasteiger partial charge in [-0.15, -0.1) is 0 Å². The third-order valence-electron chi connectivity index (χ3n) is 12.1. The van der Waals surface area contributed by atoms with E-state index in [1.807, 2.05) is 13.8 Å². The van der Waals surface area contributed by atoms with Gasteiger partial charge in [-0.25, -0.2) is 0 Å². The molecule has 0 N–H and O–H groups in total. The van der Waals surface area contributed by atoms with Crippen LogP contribution in [0.2, 0.25) is 0 Å². The summed E-state index contributed by atoms with van der Waals surface area (Å²) in [5.74, 6) is 5.07. The van der Waals surface area contributed by atoms with Crippen LogP contribution in [0.15, 0.2) is 11.3 Å². The summed E-state index contributed by atoms with van der Waals surface area (Å²) in [7, 11) is 0. The topological polar surface area (TPSA) is 61.8 Å². The summed E-state index contributed by atoms with van der Waals surface area (Å²) < 4.78 is 17.9. The molecule has 4 fully saturated rings. The van der Waals surface area contributed by atoms with Gasteiger partial charge in [0, 0.05) is 25.2 Å². The zero-order valence-corrected chi connectivity index (χ0v) is 24.9. The molecule has 5 aliphatic rings. The fourth-order valence-electron chi connectivity index (χ4n) is 9.98. The van der Waals surface area contributed by atoms with Crippen molar-refractivity contribution in [3.8, 4) is 0 Å². The van der Waals surface area contributed by atoms with Crippen LogP contribution in [0, 0.1) is 46.3 Å². The van der Waals surface area contributed by atoms with Crippen LogP contribution in [0.25, 0.3) is 0 Å². The van der Waals surface area contributed by atoms with Crippen molar-refractivity contribution in [1.82, 2.24) is 0 Å². The lowest BCUT2D eigenvalue weighted by atomic mass is 9.44. The number of esters is 2. The Labute approximate surface area is 230 Å². The summed E-state index contributed by atoms with van der Waals surface area (Å²) in [6.45, 7) is 13.9. The van der Waals surface area contributed by atoms with Gasteiger partial charge in [-0.2, -0.15) is 0 Å². The molecule has 0 radical (unpaired) electrons. The molecular weight excluding hydrogens is 476 g/mol. The van der Waals surface area contributed by atoms with Crippen LogP contribution < -0.4 is 0 Å². The monoisotopic (exact) mass is 528 g/mol. The minimum absolute atomic E-state index is 0.0320. The fraction of sp³-hybridized carbons (Fsp3) is 0.879. The third-order valence-corrected chi connectivity index (χ3v) is 12.1. The molecule has 214 valence electrons. The molecule has 0 amide bonds. The van der Waals surface area contributed by atoms with Crippen molar-refractivity contribution in [2.45, 2.75) is 131 Å². The average molecular weight is 529 g/mol. The van der Waals surface area contributed by atoms with Gasteiger partial charge < -0.3 is 14.2 Å². The first-order valence-electron chi connectivity index (χ1n) is 15.8. The molecule has 10 atom stereocenters. The van der Waals surface area contributed by atoms with E-state index in [1.165, 1.54) is 49.9 Å². The lowest BCUT2D eigenvalue weighted by Crippen LogP contribution is -2.54.